The predicted octanol–water partition coefficient (Wildman–Crippen LogP) is 0.558. The van der Waals surface area contributed by atoms with E-state index in [4.69, 9.17) is 10.8 Å². The number of aliphatic carboxylic acids is 1. The van der Waals surface area contributed by atoms with Crippen molar-refractivity contribution >= 4 is 29.5 Å². The van der Waals surface area contributed by atoms with Gasteiger partial charge in [-0.05, 0) is 51.3 Å². The first-order chi connectivity index (χ1) is 12.4. The second-order valence-corrected chi connectivity index (χ2v) is 6.78. The highest BCUT2D eigenvalue weighted by Gasteiger charge is 2.21. The van der Waals surface area contributed by atoms with Crippen LogP contribution in [0.25, 0.3) is 0 Å². The Morgan fingerprint density at radius 2 is 1.73 bits per heavy atom. The summed E-state index contributed by atoms with van der Waals surface area (Å²) >= 11 is 1.63. The van der Waals surface area contributed by atoms with Gasteiger partial charge in [0.1, 0.15) is 6.04 Å². The van der Waals surface area contributed by atoms with E-state index in [0.29, 0.717) is 32.2 Å². The molecule has 0 aromatic carbocycles. The van der Waals surface area contributed by atoms with Crippen molar-refractivity contribution in [1.82, 2.24) is 16.0 Å². The van der Waals surface area contributed by atoms with E-state index in [1.165, 1.54) is 6.42 Å². The van der Waals surface area contributed by atoms with Crippen molar-refractivity contribution in [3.05, 3.63) is 0 Å². The number of amides is 2. The standard InChI is InChI=1S/C14H28N4O4S.C3H8/c1-16-10(6-8-23-2)13(20)17-9-12(19)18-11(14(21)22)5-3-4-7-15;1-3-2/h10-11,16H,3-9,15H2,1-2H3,(H,17,20)(H,18,19)(H,21,22);3H2,1-2H3. The second-order valence-electron chi connectivity index (χ2n) is 5.79. The molecule has 9 heteroatoms. The molecule has 2 atom stereocenters. The van der Waals surface area contributed by atoms with Gasteiger partial charge in [0.2, 0.25) is 11.8 Å². The van der Waals surface area contributed by atoms with Crippen LogP contribution >= 0.6 is 11.8 Å². The smallest absolute Gasteiger partial charge is 0.326 e. The minimum Gasteiger partial charge on any atom is -0.480 e. The van der Waals surface area contributed by atoms with Crippen molar-refractivity contribution in [3.63, 3.8) is 0 Å². The number of nitrogens with two attached hydrogens (primary N) is 1. The van der Waals surface area contributed by atoms with Crippen LogP contribution in [0.2, 0.25) is 0 Å². The zero-order chi connectivity index (χ0) is 20.4. The number of carbonyl (C=O) groups is 3. The Labute approximate surface area is 161 Å². The van der Waals surface area contributed by atoms with Gasteiger partial charge in [-0.25, -0.2) is 4.79 Å². The van der Waals surface area contributed by atoms with E-state index in [0.717, 1.165) is 5.75 Å². The van der Waals surface area contributed by atoms with Crippen molar-refractivity contribution in [1.29, 1.82) is 0 Å². The van der Waals surface area contributed by atoms with Crippen LogP contribution in [0.1, 0.15) is 46.0 Å². The molecular formula is C17H36N4O4S. The summed E-state index contributed by atoms with van der Waals surface area (Å²) in [5.74, 6) is -1.05. The minimum absolute atomic E-state index is 0.239. The van der Waals surface area contributed by atoms with E-state index in [1.54, 1.807) is 18.8 Å². The Morgan fingerprint density at radius 1 is 1.12 bits per heavy atom. The van der Waals surface area contributed by atoms with Gasteiger partial charge in [-0.15, -0.1) is 0 Å². The summed E-state index contributed by atoms with van der Waals surface area (Å²) < 4.78 is 0. The number of carbonyl (C=O) groups excluding carboxylic acids is 2. The largest absolute Gasteiger partial charge is 0.480 e. The highest BCUT2D eigenvalue weighted by Crippen LogP contribution is 2.01. The fraction of sp³-hybridized carbons (Fsp3) is 0.824. The van der Waals surface area contributed by atoms with Gasteiger partial charge in [0.25, 0.3) is 0 Å². The maximum absolute atomic E-state index is 11.9. The molecule has 2 amide bonds. The molecule has 2 unspecified atom stereocenters. The predicted molar refractivity (Wildman–Crippen MR) is 107 cm³/mol. The molecule has 0 saturated heterocycles. The van der Waals surface area contributed by atoms with Crippen LogP contribution in [-0.2, 0) is 14.4 Å². The van der Waals surface area contributed by atoms with E-state index in [1.807, 2.05) is 6.26 Å². The summed E-state index contributed by atoms with van der Waals surface area (Å²) in [7, 11) is 1.68. The third-order valence-electron chi connectivity index (χ3n) is 3.28. The van der Waals surface area contributed by atoms with E-state index < -0.39 is 17.9 Å². The molecule has 0 aliphatic heterocycles. The fourth-order valence-electron chi connectivity index (χ4n) is 1.93. The first kappa shape index (κ1) is 26.9. The molecule has 0 bridgehead atoms. The molecule has 0 fully saturated rings. The highest BCUT2D eigenvalue weighted by atomic mass is 32.2. The van der Waals surface area contributed by atoms with Crippen LogP contribution in [0.3, 0.4) is 0 Å². The number of hydrogen-bond acceptors (Lipinski definition) is 6. The number of unbranched alkanes of at least 4 members (excludes halogenated alkanes) is 1. The number of thioether (sulfide) groups is 1. The quantitative estimate of drug-likeness (QED) is 0.289. The molecule has 0 heterocycles. The molecule has 0 saturated carbocycles. The average molecular weight is 393 g/mol. The first-order valence-electron chi connectivity index (χ1n) is 9.03. The molecule has 0 aromatic heterocycles. The Morgan fingerprint density at radius 3 is 2.19 bits per heavy atom. The summed E-state index contributed by atoms with van der Waals surface area (Å²) in [5, 5.41) is 16.9. The lowest BCUT2D eigenvalue weighted by Crippen LogP contribution is -2.49. The van der Waals surface area contributed by atoms with Gasteiger partial charge in [-0.1, -0.05) is 20.3 Å². The first-order valence-corrected chi connectivity index (χ1v) is 10.4. The summed E-state index contributed by atoms with van der Waals surface area (Å²) in [6.45, 7) is 4.49. The van der Waals surface area contributed by atoms with Gasteiger partial charge < -0.3 is 26.8 Å². The van der Waals surface area contributed by atoms with E-state index in [2.05, 4.69) is 29.8 Å². The van der Waals surface area contributed by atoms with E-state index >= 15 is 0 Å². The van der Waals surface area contributed by atoms with Crippen LogP contribution in [0.5, 0.6) is 0 Å². The highest BCUT2D eigenvalue weighted by molar-refractivity contribution is 7.98. The Bertz CT molecular complexity index is 397. The number of likely N-dealkylation sites (N-methyl/N-ethyl adjacent to an activating group) is 1. The van der Waals surface area contributed by atoms with E-state index in [9.17, 15) is 14.4 Å². The molecule has 0 spiro atoms. The molecule has 8 nitrogen and oxygen atoms in total. The molecule has 0 aliphatic carbocycles. The molecular weight excluding hydrogens is 356 g/mol. The van der Waals surface area contributed by atoms with Crippen molar-refractivity contribution < 1.29 is 19.5 Å². The number of nitrogens with one attached hydrogen (secondary N) is 3. The molecule has 0 aromatic rings. The SMILES string of the molecule is CCC.CNC(CCSC)C(=O)NCC(=O)NC(CCCCN)C(=O)O. The lowest BCUT2D eigenvalue weighted by molar-refractivity contribution is -0.142. The summed E-state index contributed by atoms with van der Waals surface area (Å²) in [5.41, 5.74) is 5.36. The van der Waals surface area contributed by atoms with E-state index in [-0.39, 0.29) is 18.5 Å². The Kier molecular flexibility index (Phi) is 19.1. The van der Waals surface area contributed by atoms with Crippen LogP contribution in [0.15, 0.2) is 0 Å². The van der Waals surface area contributed by atoms with Gasteiger partial charge in [0.15, 0.2) is 0 Å². The maximum Gasteiger partial charge on any atom is 0.326 e. The summed E-state index contributed by atoms with van der Waals surface area (Å²) in [6.07, 6.45) is 5.50. The van der Waals surface area contributed by atoms with Gasteiger partial charge in [-0.3, -0.25) is 9.59 Å². The van der Waals surface area contributed by atoms with Gasteiger partial charge >= 0.3 is 5.97 Å². The molecule has 0 rings (SSSR count). The second kappa shape index (κ2) is 18.5. The monoisotopic (exact) mass is 392 g/mol. The Balaban J connectivity index is 0. The van der Waals surface area contributed by atoms with Crippen molar-refractivity contribution in [3.8, 4) is 0 Å². The van der Waals surface area contributed by atoms with Gasteiger partial charge in [-0.2, -0.15) is 11.8 Å². The summed E-state index contributed by atoms with van der Waals surface area (Å²) in [4.78, 5) is 34.8. The molecule has 6 N–H and O–H groups in total. The zero-order valence-electron chi connectivity index (χ0n) is 16.5. The fourth-order valence-corrected chi connectivity index (χ4v) is 2.40. The molecule has 26 heavy (non-hydrogen) atoms. The van der Waals surface area contributed by atoms with Crippen LogP contribution in [0, 0.1) is 0 Å². The molecule has 0 radical (unpaired) electrons. The molecule has 154 valence electrons. The van der Waals surface area contributed by atoms with Gasteiger partial charge in [0.05, 0.1) is 12.6 Å². The van der Waals surface area contributed by atoms with Crippen LogP contribution < -0.4 is 21.7 Å². The number of carboxylic acid groups (broad SMARTS) is 1. The third kappa shape index (κ3) is 15.0. The summed E-state index contributed by atoms with van der Waals surface area (Å²) in [6, 6.07) is -1.32. The number of hydrogen-bond donors (Lipinski definition) is 5. The molecule has 0 aliphatic rings. The Hall–Kier alpha value is -1.32. The normalized spacial score (nSPS) is 12.3. The van der Waals surface area contributed by atoms with Crippen molar-refractivity contribution in [2.45, 2.75) is 58.0 Å². The lowest BCUT2D eigenvalue weighted by Gasteiger charge is -2.17. The average Bonchev–Trinajstić information content (AvgIpc) is 2.60. The zero-order valence-corrected chi connectivity index (χ0v) is 17.3. The van der Waals surface area contributed by atoms with Gasteiger partial charge in [0, 0.05) is 0 Å². The topological polar surface area (TPSA) is 134 Å². The third-order valence-corrected chi connectivity index (χ3v) is 3.92. The van der Waals surface area contributed by atoms with Crippen LogP contribution in [-0.4, -0.2) is 67.1 Å². The maximum atomic E-state index is 11.9. The van der Waals surface area contributed by atoms with Crippen molar-refractivity contribution in [2.24, 2.45) is 5.73 Å². The van der Waals surface area contributed by atoms with Crippen LogP contribution in [0.4, 0.5) is 0 Å². The van der Waals surface area contributed by atoms with Crippen molar-refractivity contribution in [2.75, 3.05) is 32.1 Å². The number of rotatable bonds is 13. The minimum atomic E-state index is -1.09. The lowest BCUT2D eigenvalue weighted by atomic mass is 10.1. The number of carboxylic acids is 1.